The van der Waals surface area contributed by atoms with Crippen LogP contribution in [0.4, 0.5) is 0 Å². The topological polar surface area (TPSA) is 9.86 Å². The zero-order chi connectivity index (χ0) is 20.5. The average molecular weight is 396 g/mol. The summed E-state index contributed by atoms with van der Waals surface area (Å²) < 4.78 is 4.73. The number of nitrogens with zero attached hydrogens (tertiary/aromatic N) is 2. The van der Waals surface area contributed by atoms with E-state index < -0.39 is 0 Å². The second kappa shape index (κ2) is 5.99. The summed E-state index contributed by atoms with van der Waals surface area (Å²) in [6.07, 6.45) is 0. The minimum absolute atomic E-state index is 1.19. The van der Waals surface area contributed by atoms with E-state index in [1.165, 1.54) is 60.1 Å². The minimum Gasteiger partial charge on any atom is -0.344 e. The van der Waals surface area contributed by atoms with Crippen LogP contribution in [0, 0.1) is 0 Å². The number of rotatable bonds is 1. The Morgan fingerprint density at radius 3 is 1.97 bits per heavy atom. The van der Waals surface area contributed by atoms with Crippen molar-refractivity contribution in [2.24, 2.45) is 7.05 Å². The van der Waals surface area contributed by atoms with E-state index in [2.05, 4.69) is 119 Å². The van der Waals surface area contributed by atoms with Gasteiger partial charge in [-0.25, -0.2) is 0 Å². The van der Waals surface area contributed by atoms with Crippen molar-refractivity contribution >= 4 is 54.4 Å². The molecule has 2 aromatic heterocycles. The summed E-state index contributed by atoms with van der Waals surface area (Å²) in [6.45, 7) is 0. The molecule has 0 fully saturated rings. The molecule has 31 heavy (non-hydrogen) atoms. The Kier molecular flexibility index (Phi) is 3.23. The fourth-order valence-electron chi connectivity index (χ4n) is 5.29. The van der Waals surface area contributed by atoms with E-state index in [1.54, 1.807) is 0 Å². The first-order valence-corrected chi connectivity index (χ1v) is 10.7. The van der Waals surface area contributed by atoms with Crippen molar-refractivity contribution in [1.29, 1.82) is 0 Å². The maximum Gasteiger partial charge on any atom is 0.0548 e. The highest BCUT2D eigenvalue weighted by molar-refractivity contribution is 6.29. The molecule has 7 aromatic rings. The molecule has 0 aliphatic heterocycles. The molecule has 0 N–H and O–H groups in total. The Hall–Kier alpha value is -4.04. The first-order valence-electron chi connectivity index (χ1n) is 10.7. The van der Waals surface area contributed by atoms with Crippen LogP contribution >= 0.6 is 0 Å². The van der Waals surface area contributed by atoms with Gasteiger partial charge in [0.1, 0.15) is 0 Å². The molecule has 0 unspecified atom stereocenters. The third kappa shape index (κ3) is 2.17. The molecule has 0 atom stereocenters. The lowest BCUT2D eigenvalue weighted by Crippen LogP contribution is -1.93. The molecule has 0 saturated heterocycles. The van der Waals surface area contributed by atoms with E-state index in [0.717, 1.165) is 0 Å². The van der Waals surface area contributed by atoms with Crippen LogP contribution in [0.2, 0.25) is 0 Å². The van der Waals surface area contributed by atoms with Crippen molar-refractivity contribution in [1.82, 2.24) is 9.13 Å². The van der Waals surface area contributed by atoms with Crippen LogP contribution in [0.15, 0.2) is 103 Å². The van der Waals surface area contributed by atoms with Gasteiger partial charge in [0.05, 0.1) is 11.0 Å². The molecule has 0 aliphatic carbocycles. The van der Waals surface area contributed by atoms with Crippen LogP contribution in [0.25, 0.3) is 60.1 Å². The molecule has 146 valence electrons. The zero-order valence-corrected chi connectivity index (χ0v) is 17.2. The number of aromatic nitrogens is 2. The monoisotopic (exact) mass is 396 g/mol. The van der Waals surface area contributed by atoms with Crippen LogP contribution in [-0.4, -0.2) is 9.13 Å². The SMILES string of the molecule is Cn1c2cc3ccccc3cc2c2c3c4ccccc4n(-c4ccccc4)c3ccc21. The van der Waals surface area contributed by atoms with Crippen LogP contribution in [0.3, 0.4) is 0 Å². The lowest BCUT2D eigenvalue weighted by molar-refractivity contribution is 1.02. The summed E-state index contributed by atoms with van der Waals surface area (Å²) >= 11 is 0. The second-order valence-corrected chi connectivity index (χ2v) is 8.32. The van der Waals surface area contributed by atoms with Crippen LogP contribution in [0.1, 0.15) is 0 Å². The third-order valence-electron chi connectivity index (χ3n) is 6.69. The van der Waals surface area contributed by atoms with Gasteiger partial charge in [0.15, 0.2) is 0 Å². The van der Waals surface area contributed by atoms with Gasteiger partial charge in [-0.05, 0) is 53.2 Å². The average Bonchev–Trinajstić information content (AvgIpc) is 3.30. The summed E-state index contributed by atoms with van der Waals surface area (Å²) in [6, 6.07) is 37.3. The number of hydrogen-bond acceptors (Lipinski definition) is 0. The standard InChI is InChI=1S/C29H20N2/c1-30-25-15-16-26-28(29(25)23-17-19-9-5-6-10-20(19)18-27(23)30)22-13-7-8-14-24(22)31(26)21-11-3-2-4-12-21/h2-18H,1H3. The molecule has 0 radical (unpaired) electrons. The fraction of sp³-hybridized carbons (Fsp3) is 0.0345. The number of aryl methyl sites for hydroxylation is 1. The molecule has 2 heterocycles. The fourth-order valence-corrected chi connectivity index (χ4v) is 5.29. The molecule has 5 aromatic carbocycles. The summed E-state index contributed by atoms with van der Waals surface area (Å²) in [4.78, 5) is 0. The predicted molar refractivity (Wildman–Crippen MR) is 132 cm³/mol. The van der Waals surface area contributed by atoms with Crippen molar-refractivity contribution in [3.8, 4) is 5.69 Å². The smallest absolute Gasteiger partial charge is 0.0548 e. The number of fused-ring (bicyclic) bond motifs is 8. The van der Waals surface area contributed by atoms with Gasteiger partial charge in [0.25, 0.3) is 0 Å². The summed E-state index contributed by atoms with van der Waals surface area (Å²) in [5.74, 6) is 0. The highest BCUT2D eigenvalue weighted by atomic mass is 15.0. The van der Waals surface area contributed by atoms with E-state index in [-0.39, 0.29) is 0 Å². The Morgan fingerprint density at radius 2 is 1.13 bits per heavy atom. The predicted octanol–water partition coefficient (Wildman–Crippen LogP) is 7.58. The minimum atomic E-state index is 1.19. The van der Waals surface area contributed by atoms with Crippen molar-refractivity contribution in [2.45, 2.75) is 0 Å². The second-order valence-electron chi connectivity index (χ2n) is 8.32. The molecule has 0 bridgehead atoms. The van der Waals surface area contributed by atoms with Crippen molar-refractivity contribution in [3.05, 3.63) is 103 Å². The van der Waals surface area contributed by atoms with Gasteiger partial charge in [0, 0.05) is 45.3 Å². The van der Waals surface area contributed by atoms with E-state index in [1.807, 2.05) is 0 Å². The van der Waals surface area contributed by atoms with E-state index >= 15 is 0 Å². The maximum atomic E-state index is 2.39. The molecule has 0 amide bonds. The summed E-state index contributed by atoms with van der Waals surface area (Å²) in [5.41, 5.74) is 6.24. The van der Waals surface area contributed by atoms with Crippen LogP contribution in [-0.2, 0) is 7.05 Å². The Labute approximate surface area is 179 Å². The molecular weight excluding hydrogens is 376 g/mol. The molecule has 0 spiro atoms. The van der Waals surface area contributed by atoms with Crippen LogP contribution in [0.5, 0.6) is 0 Å². The molecular formula is C29H20N2. The highest BCUT2D eigenvalue weighted by Gasteiger charge is 2.18. The first kappa shape index (κ1) is 16.7. The number of para-hydroxylation sites is 2. The molecule has 7 rings (SSSR count). The summed E-state index contributed by atoms with van der Waals surface area (Å²) in [5, 5.41) is 7.85. The quantitative estimate of drug-likeness (QED) is 0.271. The van der Waals surface area contributed by atoms with Gasteiger partial charge in [0.2, 0.25) is 0 Å². The Balaban J connectivity index is 1.76. The Morgan fingerprint density at radius 1 is 0.484 bits per heavy atom. The van der Waals surface area contributed by atoms with Gasteiger partial charge >= 0.3 is 0 Å². The third-order valence-corrected chi connectivity index (χ3v) is 6.69. The first-order chi connectivity index (χ1) is 15.3. The lowest BCUT2D eigenvalue weighted by atomic mass is 10.0. The number of benzene rings is 5. The van der Waals surface area contributed by atoms with Gasteiger partial charge in [-0.1, -0.05) is 60.7 Å². The van der Waals surface area contributed by atoms with Crippen LogP contribution < -0.4 is 0 Å². The van der Waals surface area contributed by atoms with Gasteiger partial charge < -0.3 is 9.13 Å². The molecule has 2 heteroatoms. The van der Waals surface area contributed by atoms with Crippen molar-refractivity contribution < 1.29 is 0 Å². The molecule has 0 saturated carbocycles. The normalized spacial score (nSPS) is 12.0. The highest BCUT2D eigenvalue weighted by Crippen LogP contribution is 2.41. The molecule has 0 aliphatic rings. The Bertz CT molecular complexity index is 1780. The zero-order valence-electron chi connectivity index (χ0n) is 17.2. The van der Waals surface area contributed by atoms with E-state index in [9.17, 15) is 0 Å². The van der Waals surface area contributed by atoms with E-state index in [0.29, 0.717) is 0 Å². The van der Waals surface area contributed by atoms with Gasteiger partial charge in [-0.3, -0.25) is 0 Å². The molecule has 2 nitrogen and oxygen atoms in total. The lowest BCUT2D eigenvalue weighted by Gasteiger charge is -2.07. The van der Waals surface area contributed by atoms with Gasteiger partial charge in [-0.15, -0.1) is 0 Å². The van der Waals surface area contributed by atoms with E-state index in [4.69, 9.17) is 0 Å². The van der Waals surface area contributed by atoms with Crippen molar-refractivity contribution in [3.63, 3.8) is 0 Å². The van der Waals surface area contributed by atoms with Crippen molar-refractivity contribution in [2.75, 3.05) is 0 Å². The largest absolute Gasteiger partial charge is 0.344 e. The summed E-state index contributed by atoms with van der Waals surface area (Å²) in [7, 11) is 2.18. The maximum absolute atomic E-state index is 2.39. The number of hydrogen-bond donors (Lipinski definition) is 0. The van der Waals surface area contributed by atoms with Gasteiger partial charge in [-0.2, -0.15) is 0 Å².